The summed E-state index contributed by atoms with van der Waals surface area (Å²) in [7, 11) is 0. The van der Waals surface area contributed by atoms with E-state index in [4.69, 9.17) is 10.5 Å². The van der Waals surface area contributed by atoms with E-state index in [-0.39, 0.29) is 24.1 Å². The Kier molecular flexibility index (Phi) is 5.72. The lowest BCUT2D eigenvalue weighted by Gasteiger charge is -2.34. The second-order valence-electron chi connectivity index (χ2n) is 4.45. The highest BCUT2D eigenvalue weighted by Gasteiger charge is 2.28. The number of hydrogen-bond donors (Lipinski definition) is 1. The quantitative estimate of drug-likeness (QED) is 0.897. The van der Waals surface area contributed by atoms with Gasteiger partial charge in [0.15, 0.2) is 0 Å². The molecule has 1 aromatic rings. The monoisotopic (exact) mass is 288 g/mol. The Hall–Kier alpha value is -1.17. The molecule has 1 aliphatic rings. The summed E-state index contributed by atoms with van der Waals surface area (Å²) in [6, 6.07) is 5.93. The molecule has 106 valence electrons. The molecule has 0 saturated carbocycles. The third kappa shape index (κ3) is 3.65. The predicted molar refractivity (Wildman–Crippen MR) is 72.6 cm³/mol. The van der Waals surface area contributed by atoms with Gasteiger partial charge in [0.05, 0.1) is 19.2 Å². The number of amides is 1. The Balaban J connectivity index is 0.00000180. The summed E-state index contributed by atoms with van der Waals surface area (Å²) in [6.07, 6.45) is -0.414. The second kappa shape index (κ2) is 6.84. The minimum Gasteiger partial charge on any atom is -0.370 e. The van der Waals surface area contributed by atoms with Crippen molar-refractivity contribution in [2.45, 2.75) is 19.1 Å². The van der Waals surface area contributed by atoms with Crippen LogP contribution in [-0.2, 0) is 9.53 Å². The van der Waals surface area contributed by atoms with Crippen LogP contribution in [0, 0.1) is 5.82 Å². The summed E-state index contributed by atoms with van der Waals surface area (Å²) >= 11 is 0. The predicted octanol–water partition coefficient (Wildman–Crippen LogP) is 1.49. The maximum Gasteiger partial charge on any atom is 0.239 e. The molecule has 2 rings (SSSR count). The summed E-state index contributed by atoms with van der Waals surface area (Å²) in [5.41, 5.74) is 6.06. The van der Waals surface area contributed by atoms with Crippen molar-refractivity contribution < 1.29 is 13.9 Å². The number of halogens is 2. The average molecular weight is 289 g/mol. The molecule has 0 aromatic heterocycles. The molecular weight excluding hydrogens is 271 g/mol. The molecule has 6 heteroatoms. The van der Waals surface area contributed by atoms with Crippen molar-refractivity contribution in [3.63, 3.8) is 0 Å². The molecular formula is C13H18ClFN2O2. The first-order chi connectivity index (χ1) is 8.59. The van der Waals surface area contributed by atoms with Gasteiger partial charge in [-0.15, -0.1) is 12.4 Å². The fourth-order valence-electron chi connectivity index (χ4n) is 2.06. The number of hydrogen-bond acceptors (Lipinski definition) is 3. The normalized spacial score (nSPS) is 20.6. The van der Waals surface area contributed by atoms with Crippen molar-refractivity contribution in [1.82, 2.24) is 4.90 Å². The van der Waals surface area contributed by atoms with Crippen LogP contribution < -0.4 is 5.73 Å². The summed E-state index contributed by atoms with van der Waals surface area (Å²) in [4.78, 5) is 13.4. The smallest absolute Gasteiger partial charge is 0.239 e. The molecule has 1 aliphatic heterocycles. The number of carbonyl (C=O) groups excluding carboxylic acids is 1. The molecule has 0 spiro atoms. The van der Waals surface area contributed by atoms with Crippen molar-refractivity contribution in [2.75, 3.05) is 19.7 Å². The summed E-state index contributed by atoms with van der Waals surface area (Å²) in [5, 5.41) is 0. The van der Waals surface area contributed by atoms with Crippen LogP contribution in [0.5, 0.6) is 0 Å². The molecule has 2 atom stereocenters. The van der Waals surface area contributed by atoms with E-state index in [1.165, 1.54) is 6.07 Å². The van der Waals surface area contributed by atoms with Gasteiger partial charge in [-0.25, -0.2) is 4.39 Å². The minimum absolute atomic E-state index is 0. The molecule has 19 heavy (non-hydrogen) atoms. The van der Waals surface area contributed by atoms with Gasteiger partial charge in [0.1, 0.15) is 11.9 Å². The molecule has 2 N–H and O–H groups in total. The van der Waals surface area contributed by atoms with Gasteiger partial charge in [-0.1, -0.05) is 18.2 Å². The highest BCUT2D eigenvalue weighted by Crippen LogP contribution is 2.24. The van der Waals surface area contributed by atoms with Crippen molar-refractivity contribution in [1.29, 1.82) is 0 Å². The minimum atomic E-state index is -0.538. The van der Waals surface area contributed by atoms with E-state index in [0.717, 1.165) is 0 Å². The van der Waals surface area contributed by atoms with Gasteiger partial charge in [-0.05, 0) is 13.0 Å². The highest BCUT2D eigenvalue weighted by molar-refractivity contribution is 5.85. The number of benzene rings is 1. The van der Waals surface area contributed by atoms with Crippen molar-refractivity contribution in [3.05, 3.63) is 35.6 Å². The zero-order chi connectivity index (χ0) is 13.1. The Morgan fingerprint density at radius 2 is 2.21 bits per heavy atom. The average Bonchev–Trinajstić information content (AvgIpc) is 2.38. The Labute approximate surface area is 118 Å². The van der Waals surface area contributed by atoms with Gasteiger partial charge >= 0.3 is 0 Å². The third-order valence-corrected chi connectivity index (χ3v) is 3.02. The van der Waals surface area contributed by atoms with Crippen molar-refractivity contribution >= 4 is 18.3 Å². The van der Waals surface area contributed by atoms with Crippen LogP contribution >= 0.6 is 12.4 Å². The van der Waals surface area contributed by atoms with E-state index >= 15 is 0 Å². The van der Waals surface area contributed by atoms with E-state index in [0.29, 0.717) is 25.3 Å². The van der Waals surface area contributed by atoms with Gasteiger partial charge in [0.25, 0.3) is 0 Å². The molecule has 1 fully saturated rings. The van der Waals surface area contributed by atoms with Gasteiger partial charge in [0.2, 0.25) is 5.91 Å². The number of carbonyl (C=O) groups is 1. The first-order valence-electron chi connectivity index (χ1n) is 6.00. The number of nitrogens with zero attached hydrogens (tertiary/aromatic N) is 1. The van der Waals surface area contributed by atoms with Crippen LogP contribution in [0.1, 0.15) is 18.6 Å². The molecule has 1 unspecified atom stereocenters. The van der Waals surface area contributed by atoms with Crippen molar-refractivity contribution in [2.24, 2.45) is 5.73 Å². The van der Waals surface area contributed by atoms with Crippen LogP contribution in [0.15, 0.2) is 24.3 Å². The maximum absolute atomic E-state index is 13.7. The maximum atomic E-state index is 13.7. The Morgan fingerprint density at radius 3 is 2.84 bits per heavy atom. The highest BCUT2D eigenvalue weighted by atomic mass is 35.5. The van der Waals surface area contributed by atoms with Gasteiger partial charge in [0, 0.05) is 12.1 Å². The molecule has 1 amide bonds. The van der Waals surface area contributed by atoms with Crippen LogP contribution in [0.25, 0.3) is 0 Å². The summed E-state index contributed by atoms with van der Waals surface area (Å²) in [6.45, 7) is 2.90. The molecule has 1 aromatic carbocycles. The number of nitrogens with two attached hydrogens (primary N) is 1. The lowest BCUT2D eigenvalue weighted by Crippen LogP contribution is -2.48. The topological polar surface area (TPSA) is 55.6 Å². The van der Waals surface area contributed by atoms with E-state index in [1.54, 1.807) is 30.0 Å². The van der Waals surface area contributed by atoms with Gasteiger partial charge in [-0.3, -0.25) is 4.79 Å². The number of morpholine rings is 1. The lowest BCUT2D eigenvalue weighted by atomic mass is 10.1. The summed E-state index contributed by atoms with van der Waals surface area (Å²) < 4.78 is 19.2. The molecule has 0 radical (unpaired) electrons. The summed E-state index contributed by atoms with van der Waals surface area (Å²) in [5.74, 6) is -0.433. The van der Waals surface area contributed by atoms with Crippen LogP contribution in [0.4, 0.5) is 4.39 Å². The first kappa shape index (κ1) is 15.9. The van der Waals surface area contributed by atoms with Crippen LogP contribution in [0.3, 0.4) is 0 Å². The molecule has 1 heterocycles. The third-order valence-electron chi connectivity index (χ3n) is 3.02. The second-order valence-corrected chi connectivity index (χ2v) is 4.45. The molecule has 1 saturated heterocycles. The largest absolute Gasteiger partial charge is 0.370 e. The van der Waals surface area contributed by atoms with E-state index in [2.05, 4.69) is 0 Å². The fourth-order valence-corrected chi connectivity index (χ4v) is 2.06. The lowest BCUT2D eigenvalue weighted by molar-refractivity contribution is -0.140. The fraction of sp³-hybridized carbons (Fsp3) is 0.462. The zero-order valence-electron chi connectivity index (χ0n) is 10.7. The van der Waals surface area contributed by atoms with Gasteiger partial charge in [-0.2, -0.15) is 0 Å². The standard InChI is InChI=1S/C13H17FN2O2.ClH/c1-9(15)13(17)16-6-7-18-12(8-16)10-4-2-3-5-11(10)14;/h2-5,9,12H,6-8,15H2,1H3;1H/t9-,12?;/m1./s1. The van der Waals surface area contributed by atoms with E-state index in [9.17, 15) is 9.18 Å². The Morgan fingerprint density at radius 1 is 1.53 bits per heavy atom. The SMILES string of the molecule is C[C@@H](N)C(=O)N1CCOC(c2ccccc2F)C1.Cl. The first-order valence-corrected chi connectivity index (χ1v) is 6.00. The van der Waals surface area contributed by atoms with Crippen LogP contribution in [0.2, 0.25) is 0 Å². The van der Waals surface area contributed by atoms with Crippen molar-refractivity contribution in [3.8, 4) is 0 Å². The molecule has 4 nitrogen and oxygen atoms in total. The van der Waals surface area contributed by atoms with E-state index < -0.39 is 12.1 Å². The number of ether oxygens (including phenoxy) is 1. The van der Waals surface area contributed by atoms with E-state index in [1.807, 2.05) is 0 Å². The van der Waals surface area contributed by atoms with Crippen LogP contribution in [-0.4, -0.2) is 36.5 Å². The molecule has 0 aliphatic carbocycles. The zero-order valence-corrected chi connectivity index (χ0v) is 11.5. The molecule has 0 bridgehead atoms. The Bertz CT molecular complexity index is 442. The number of rotatable bonds is 2. The van der Waals surface area contributed by atoms with Gasteiger partial charge < -0.3 is 15.4 Å².